The van der Waals surface area contributed by atoms with Crippen molar-refractivity contribution in [1.82, 2.24) is 10.6 Å². The van der Waals surface area contributed by atoms with Crippen LogP contribution in [-0.4, -0.2) is 50.0 Å². The maximum Gasteiger partial charge on any atom is 0.0693 e. The van der Waals surface area contributed by atoms with Crippen LogP contribution >= 0.6 is 25.3 Å². The van der Waals surface area contributed by atoms with Gasteiger partial charge in [-0.1, -0.05) is 55.7 Å². The molecule has 0 saturated heterocycles. The van der Waals surface area contributed by atoms with E-state index in [2.05, 4.69) is 120 Å². The van der Waals surface area contributed by atoms with Gasteiger partial charge in [-0.25, -0.2) is 0 Å². The molecule has 0 aliphatic rings. The first-order chi connectivity index (χ1) is 18.1. The zero-order valence-corrected chi connectivity index (χ0v) is 25.1. The van der Waals surface area contributed by atoms with E-state index < -0.39 is 0 Å². The predicted molar refractivity (Wildman–Crippen MR) is 172 cm³/mol. The van der Waals surface area contributed by atoms with Crippen molar-refractivity contribution in [3.63, 3.8) is 0 Å². The van der Waals surface area contributed by atoms with E-state index in [1.165, 1.54) is 69.2 Å². The van der Waals surface area contributed by atoms with Crippen LogP contribution in [0.3, 0.4) is 0 Å². The van der Waals surface area contributed by atoms with Gasteiger partial charge in [-0.15, -0.1) is 0 Å². The number of nitrogens with zero attached hydrogens (tertiary/aromatic N) is 2. The van der Waals surface area contributed by atoms with Gasteiger partial charge in [-0.2, -0.15) is 25.3 Å². The van der Waals surface area contributed by atoms with Gasteiger partial charge in [0.2, 0.25) is 0 Å². The van der Waals surface area contributed by atoms with Crippen LogP contribution < -0.4 is 20.4 Å². The highest BCUT2D eigenvalue weighted by atomic mass is 32.1. The number of para-hydroxylation sites is 2. The van der Waals surface area contributed by atoms with E-state index >= 15 is 0 Å². The number of nitrogens with one attached hydrogen (secondary N) is 2. The highest BCUT2D eigenvalue weighted by molar-refractivity contribution is 7.81. The van der Waals surface area contributed by atoms with Crippen LogP contribution in [0.25, 0.3) is 0 Å². The molecule has 0 aromatic heterocycles. The molecule has 2 atom stereocenters. The molecule has 0 radical (unpaired) electrons. The fourth-order valence-electron chi connectivity index (χ4n) is 4.65. The third-order valence-corrected chi connectivity index (χ3v) is 7.35. The summed E-state index contributed by atoms with van der Waals surface area (Å²) in [5.41, 5.74) is 2.53. The highest BCUT2D eigenvalue weighted by Gasteiger charge is 2.11. The zero-order chi connectivity index (χ0) is 26.6. The SMILES string of the molecule is CC(S)N(CCCCNCCCCCCCNCCCCN(c1ccccc1)C(C)S)c1ccccc1. The first-order valence-corrected chi connectivity index (χ1v) is 15.5. The van der Waals surface area contributed by atoms with E-state index in [1.807, 2.05) is 0 Å². The zero-order valence-electron chi connectivity index (χ0n) is 23.3. The summed E-state index contributed by atoms with van der Waals surface area (Å²) in [6.45, 7) is 10.9. The molecule has 2 N–H and O–H groups in total. The molecule has 0 spiro atoms. The molecule has 0 heterocycles. The second kappa shape index (κ2) is 20.6. The Kier molecular flexibility index (Phi) is 17.7. The minimum Gasteiger partial charge on any atom is -0.360 e. The van der Waals surface area contributed by atoms with E-state index in [-0.39, 0.29) is 10.7 Å². The summed E-state index contributed by atoms with van der Waals surface area (Å²) >= 11 is 9.32. The molecular formula is C31H52N4S2. The Labute approximate surface area is 238 Å². The van der Waals surface area contributed by atoms with E-state index in [0.29, 0.717) is 0 Å². The standard InChI is InChI=1S/C31H52N4S2/c1-28(36)34(30-18-8-6-9-19-30)26-16-14-24-32-22-12-4-3-5-13-23-33-25-15-17-27-35(29(2)37)31-20-10-7-11-21-31/h6-11,18-21,28-29,32-33,36-37H,3-5,12-17,22-27H2,1-2H3. The van der Waals surface area contributed by atoms with Crippen LogP contribution in [0.15, 0.2) is 60.7 Å². The van der Waals surface area contributed by atoms with Crippen LogP contribution in [0, 0.1) is 0 Å². The lowest BCUT2D eigenvalue weighted by Gasteiger charge is -2.28. The van der Waals surface area contributed by atoms with Gasteiger partial charge >= 0.3 is 0 Å². The Balaban J connectivity index is 1.35. The molecule has 2 unspecified atom stereocenters. The van der Waals surface area contributed by atoms with Gasteiger partial charge in [0.05, 0.1) is 10.7 Å². The molecule has 6 heteroatoms. The Bertz CT molecular complexity index is 708. The average Bonchev–Trinajstić information content (AvgIpc) is 2.90. The molecule has 37 heavy (non-hydrogen) atoms. The monoisotopic (exact) mass is 544 g/mol. The van der Waals surface area contributed by atoms with Crippen molar-refractivity contribution in [2.75, 3.05) is 49.1 Å². The molecule has 2 aromatic rings. The molecule has 0 saturated carbocycles. The Morgan fingerprint density at radius 2 is 0.838 bits per heavy atom. The molecule has 0 amide bonds. The number of anilines is 2. The summed E-state index contributed by atoms with van der Waals surface area (Å²) < 4.78 is 0. The van der Waals surface area contributed by atoms with Crippen molar-refractivity contribution < 1.29 is 0 Å². The van der Waals surface area contributed by atoms with Crippen molar-refractivity contribution >= 4 is 36.6 Å². The maximum absolute atomic E-state index is 4.66. The molecule has 208 valence electrons. The third-order valence-electron chi connectivity index (χ3n) is 6.79. The fourth-order valence-corrected chi connectivity index (χ4v) is 5.14. The summed E-state index contributed by atoms with van der Waals surface area (Å²) in [5, 5.41) is 7.73. The third kappa shape index (κ3) is 14.4. The summed E-state index contributed by atoms with van der Waals surface area (Å²) in [7, 11) is 0. The molecule has 0 bridgehead atoms. The van der Waals surface area contributed by atoms with E-state index in [9.17, 15) is 0 Å². The van der Waals surface area contributed by atoms with Gasteiger partial charge in [0, 0.05) is 24.5 Å². The minimum atomic E-state index is 0.239. The van der Waals surface area contributed by atoms with Gasteiger partial charge < -0.3 is 20.4 Å². The average molecular weight is 545 g/mol. The molecular weight excluding hydrogens is 493 g/mol. The van der Waals surface area contributed by atoms with Crippen molar-refractivity contribution in [2.24, 2.45) is 0 Å². The number of hydrogen-bond donors (Lipinski definition) is 4. The van der Waals surface area contributed by atoms with Crippen molar-refractivity contribution in [1.29, 1.82) is 0 Å². The number of thiol groups is 2. The van der Waals surface area contributed by atoms with Crippen LogP contribution in [0.1, 0.15) is 71.6 Å². The second-order valence-electron chi connectivity index (χ2n) is 10.0. The van der Waals surface area contributed by atoms with Crippen LogP contribution in [0.5, 0.6) is 0 Å². The molecule has 2 aromatic carbocycles. The van der Waals surface area contributed by atoms with Gasteiger partial charge in [0.15, 0.2) is 0 Å². The summed E-state index contributed by atoms with van der Waals surface area (Å²) in [5.74, 6) is 0. The quantitative estimate of drug-likeness (QED) is 0.0715. The van der Waals surface area contributed by atoms with Crippen LogP contribution in [0.4, 0.5) is 11.4 Å². The first-order valence-electron chi connectivity index (χ1n) is 14.5. The maximum atomic E-state index is 4.66. The Morgan fingerprint density at radius 3 is 1.19 bits per heavy atom. The van der Waals surface area contributed by atoms with Crippen molar-refractivity contribution in [2.45, 2.75) is 82.4 Å². The molecule has 0 aliphatic carbocycles. The van der Waals surface area contributed by atoms with Gasteiger partial charge in [0.1, 0.15) is 0 Å². The van der Waals surface area contributed by atoms with Gasteiger partial charge in [0.25, 0.3) is 0 Å². The predicted octanol–water partition coefficient (Wildman–Crippen LogP) is 7.24. The van der Waals surface area contributed by atoms with Crippen LogP contribution in [0.2, 0.25) is 0 Å². The lowest BCUT2D eigenvalue weighted by molar-refractivity contribution is 0.540. The smallest absolute Gasteiger partial charge is 0.0693 e. The number of hydrogen-bond acceptors (Lipinski definition) is 6. The normalized spacial score (nSPS) is 12.9. The summed E-state index contributed by atoms with van der Waals surface area (Å²) in [4.78, 5) is 4.75. The molecule has 2 rings (SSSR count). The highest BCUT2D eigenvalue weighted by Crippen LogP contribution is 2.19. The minimum absolute atomic E-state index is 0.239. The topological polar surface area (TPSA) is 30.5 Å². The van der Waals surface area contributed by atoms with Crippen molar-refractivity contribution in [3.8, 4) is 0 Å². The van der Waals surface area contributed by atoms with E-state index in [0.717, 1.165) is 39.3 Å². The molecule has 0 aliphatic heterocycles. The fraction of sp³-hybridized carbons (Fsp3) is 0.613. The van der Waals surface area contributed by atoms with Gasteiger partial charge in [-0.05, 0) is 103 Å². The second-order valence-corrected chi connectivity index (χ2v) is 11.5. The van der Waals surface area contributed by atoms with E-state index in [4.69, 9.17) is 0 Å². The Morgan fingerprint density at radius 1 is 0.514 bits per heavy atom. The lowest BCUT2D eigenvalue weighted by atomic mass is 10.1. The lowest BCUT2D eigenvalue weighted by Crippen LogP contribution is -2.30. The molecule has 0 fully saturated rings. The largest absolute Gasteiger partial charge is 0.360 e. The number of benzene rings is 2. The summed E-state index contributed by atoms with van der Waals surface area (Å²) in [6.07, 6.45) is 11.4. The summed E-state index contributed by atoms with van der Waals surface area (Å²) in [6, 6.07) is 21.2. The molecule has 4 nitrogen and oxygen atoms in total. The first kappa shape index (κ1) is 31.9. The van der Waals surface area contributed by atoms with Crippen LogP contribution in [-0.2, 0) is 0 Å². The van der Waals surface area contributed by atoms with Crippen molar-refractivity contribution in [3.05, 3.63) is 60.7 Å². The van der Waals surface area contributed by atoms with Gasteiger partial charge in [-0.3, -0.25) is 0 Å². The van der Waals surface area contributed by atoms with E-state index in [1.54, 1.807) is 0 Å². The number of rotatable bonds is 22. The number of unbranched alkanes of at least 4 members (excludes halogenated alkanes) is 6. The Hall–Kier alpha value is -1.34.